The van der Waals surface area contributed by atoms with Crippen molar-refractivity contribution in [1.29, 1.82) is 0 Å². The van der Waals surface area contributed by atoms with Gasteiger partial charge in [0.2, 0.25) is 0 Å². The summed E-state index contributed by atoms with van der Waals surface area (Å²) in [5.41, 5.74) is 0. The molecule has 3 heteroatoms. The van der Waals surface area contributed by atoms with E-state index in [4.69, 9.17) is 4.84 Å². The summed E-state index contributed by atoms with van der Waals surface area (Å²) in [4.78, 5) is 14.4. The van der Waals surface area contributed by atoms with E-state index in [2.05, 4.69) is 0 Å². The number of nitrogens with zero attached hydrogens (tertiary/aromatic N) is 1. The minimum absolute atomic E-state index is 0.662. The first-order valence-electron chi connectivity index (χ1n) is 2.22. The smallest absolute Gasteiger partial charge is 0.270 e. The molecule has 1 fully saturated rings. The van der Waals surface area contributed by atoms with Crippen LogP contribution in [0.5, 0.6) is 0 Å². The molecule has 1 radical (unpaired) electrons. The Kier molecular flexibility index (Phi) is 1.26. The molecule has 1 heterocycles. The molecule has 1 aliphatic heterocycles. The molecule has 0 unspecified atom stereocenters. The van der Waals surface area contributed by atoms with Crippen LogP contribution >= 0.6 is 0 Å². The zero-order valence-corrected chi connectivity index (χ0v) is 3.89. The number of rotatable bonds is 1. The van der Waals surface area contributed by atoms with Crippen LogP contribution in [0.2, 0.25) is 0 Å². The van der Waals surface area contributed by atoms with Crippen LogP contribution in [0.3, 0.4) is 0 Å². The minimum Gasteiger partial charge on any atom is -0.270 e. The Bertz CT molecular complexity index is 68.1. The van der Waals surface area contributed by atoms with Crippen molar-refractivity contribution in [1.82, 2.24) is 5.06 Å². The van der Waals surface area contributed by atoms with Gasteiger partial charge in [-0.15, -0.1) is 0 Å². The second-order valence-electron chi connectivity index (χ2n) is 1.38. The first kappa shape index (κ1) is 4.59. The molecule has 0 aliphatic carbocycles. The summed E-state index contributed by atoms with van der Waals surface area (Å²) < 4.78 is 0. The lowest BCUT2D eigenvalue weighted by Gasteiger charge is -2.00. The van der Waals surface area contributed by atoms with Gasteiger partial charge in [0.15, 0.2) is 0 Å². The number of hydrogen-bond donors (Lipinski definition) is 0. The van der Waals surface area contributed by atoms with E-state index in [0.29, 0.717) is 13.2 Å². The average molecular weight is 100 g/mol. The molecule has 39 valence electrons. The SMILES string of the molecule is O=[C]N1CCCO1. The topological polar surface area (TPSA) is 29.5 Å². The van der Waals surface area contributed by atoms with Crippen molar-refractivity contribution < 1.29 is 9.63 Å². The van der Waals surface area contributed by atoms with Crippen molar-refractivity contribution in [2.75, 3.05) is 13.2 Å². The summed E-state index contributed by atoms with van der Waals surface area (Å²) in [6.45, 7) is 1.36. The van der Waals surface area contributed by atoms with E-state index in [0.717, 1.165) is 6.42 Å². The fourth-order valence-electron chi connectivity index (χ4n) is 0.519. The highest BCUT2D eigenvalue weighted by molar-refractivity contribution is 5.46. The van der Waals surface area contributed by atoms with E-state index in [1.165, 1.54) is 5.06 Å². The Hall–Kier alpha value is -0.570. The van der Waals surface area contributed by atoms with Gasteiger partial charge in [-0.1, -0.05) is 0 Å². The van der Waals surface area contributed by atoms with Gasteiger partial charge in [0, 0.05) is 0 Å². The number of hydroxylamine groups is 2. The summed E-state index contributed by atoms with van der Waals surface area (Å²) >= 11 is 0. The van der Waals surface area contributed by atoms with Crippen LogP contribution in [-0.4, -0.2) is 24.6 Å². The highest BCUT2D eigenvalue weighted by Crippen LogP contribution is 1.98. The predicted molar refractivity (Wildman–Crippen MR) is 23.0 cm³/mol. The molecule has 1 aliphatic rings. The minimum atomic E-state index is 0.662. The van der Waals surface area contributed by atoms with Gasteiger partial charge in [-0.25, -0.2) is 5.06 Å². The van der Waals surface area contributed by atoms with Crippen molar-refractivity contribution in [3.63, 3.8) is 0 Å². The van der Waals surface area contributed by atoms with Crippen LogP contribution in [-0.2, 0) is 9.63 Å². The Balaban J connectivity index is 2.26. The van der Waals surface area contributed by atoms with Gasteiger partial charge in [0.1, 0.15) is 0 Å². The normalized spacial score (nSPS) is 20.3. The summed E-state index contributed by atoms with van der Waals surface area (Å²) in [7, 11) is 0. The molecule has 0 bridgehead atoms. The Morgan fingerprint density at radius 3 is 2.86 bits per heavy atom. The zero-order chi connectivity index (χ0) is 5.11. The van der Waals surface area contributed by atoms with Crippen LogP contribution in [0.4, 0.5) is 0 Å². The van der Waals surface area contributed by atoms with Gasteiger partial charge in [-0.2, -0.15) is 0 Å². The number of carbonyl (C=O) groups excluding carboxylic acids is 1. The highest BCUT2D eigenvalue weighted by atomic mass is 16.7. The lowest BCUT2D eigenvalue weighted by atomic mass is 10.5. The quantitative estimate of drug-likeness (QED) is 0.452. The number of amides is 1. The molecule has 0 aromatic rings. The van der Waals surface area contributed by atoms with Gasteiger partial charge in [-0.3, -0.25) is 9.63 Å². The fourth-order valence-corrected chi connectivity index (χ4v) is 0.519. The third-order valence-electron chi connectivity index (χ3n) is 0.854. The maximum absolute atomic E-state index is 9.68. The maximum atomic E-state index is 9.68. The van der Waals surface area contributed by atoms with Crippen LogP contribution in [0.15, 0.2) is 0 Å². The standard InChI is InChI=1S/C4H6NO2/c6-4-5-2-1-3-7-5/h1-3H2. The lowest BCUT2D eigenvalue weighted by molar-refractivity contribution is -0.0454. The van der Waals surface area contributed by atoms with Crippen molar-refractivity contribution >= 4 is 6.41 Å². The molecule has 0 aromatic heterocycles. The Labute approximate surface area is 41.8 Å². The lowest BCUT2D eigenvalue weighted by Crippen LogP contribution is -2.13. The van der Waals surface area contributed by atoms with E-state index >= 15 is 0 Å². The molecule has 0 saturated carbocycles. The molecular weight excluding hydrogens is 94.0 g/mol. The third kappa shape index (κ3) is 0.899. The van der Waals surface area contributed by atoms with Crippen molar-refractivity contribution in [3.05, 3.63) is 0 Å². The van der Waals surface area contributed by atoms with Crippen molar-refractivity contribution in [2.24, 2.45) is 0 Å². The van der Waals surface area contributed by atoms with Crippen LogP contribution in [0.25, 0.3) is 0 Å². The van der Waals surface area contributed by atoms with E-state index in [9.17, 15) is 4.79 Å². The predicted octanol–water partition coefficient (Wildman–Crippen LogP) is -0.309. The van der Waals surface area contributed by atoms with E-state index in [1.807, 2.05) is 0 Å². The first-order valence-corrected chi connectivity index (χ1v) is 2.22. The Morgan fingerprint density at radius 1 is 1.71 bits per heavy atom. The van der Waals surface area contributed by atoms with Gasteiger partial charge in [0.05, 0.1) is 13.2 Å². The van der Waals surface area contributed by atoms with Gasteiger partial charge in [0.25, 0.3) is 0 Å². The zero-order valence-electron chi connectivity index (χ0n) is 3.89. The molecule has 1 rings (SSSR count). The fraction of sp³-hybridized carbons (Fsp3) is 0.750. The van der Waals surface area contributed by atoms with E-state index in [-0.39, 0.29) is 0 Å². The number of hydrogen-bond acceptors (Lipinski definition) is 2. The van der Waals surface area contributed by atoms with E-state index in [1.54, 1.807) is 6.41 Å². The average Bonchev–Trinajstić information content (AvgIpc) is 2.14. The maximum Gasteiger partial charge on any atom is 0.337 e. The Morgan fingerprint density at radius 2 is 2.57 bits per heavy atom. The molecule has 3 nitrogen and oxygen atoms in total. The molecule has 0 spiro atoms. The third-order valence-corrected chi connectivity index (χ3v) is 0.854. The van der Waals surface area contributed by atoms with E-state index < -0.39 is 0 Å². The molecule has 0 aromatic carbocycles. The van der Waals surface area contributed by atoms with Crippen LogP contribution in [0.1, 0.15) is 6.42 Å². The van der Waals surface area contributed by atoms with Gasteiger partial charge >= 0.3 is 6.41 Å². The molecular formula is C4H6NO2. The van der Waals surface area contributed by atoms with Crippen molar-refractivity contribution in [2.45, 2.75) is 6.42 Å². The molecule has 1 amide bonds. The summed E-state index contributed by atoms with van der Waals surface area (Å²) in [5.74, 6) is 0. The summed E-state index contributed by atoms with van der Waals surface area (Å²) in [6, 6.07) is 0. The first-order chi connectivity index (χ1) is 3.43. The van der Waals surface area contributed by atoms with Gasteiger partial charge in [-0.05, 0) is 6.42 Å². The second kappa shape index (κ2) is 1.93. The van der Waals surface area contributed by atoms with Crippen LogP contribution < -0.4 is 0 Å². The van der Waals surface area contributed by atoms with Crippen molar-refractivity contribution in [3.8, 4) is 0 Å². The molecule has 0 atom stereocenters. The molecule has 1 saturated heterocycles. The molecule has 7 heavy (non-hydrogen) atoms. The molecule has 0 N–H and O–H groups in total. The summed E-state index contributed by atoms with van der Waals surface area (Å²) in [5, 5.41) is 1.18. The highest BCUT2D eigenvalue weighted by Gasteiger charge is 2.08. The summed E-state index contributed by atoms with van der Waals surface area (Å²) in [6.07, 6.45) is 2.56. The second-order valence-corrected chi connectivity index (χ2v) is 1.38. The monoisotopic (exact) mass is 100 g/mol. The largest absolute Gasteiger partial charge is 0.337 e. The van der Waals surface area contributed by atoms with Gasteiger partial charge < -0.3 is 0 Å². The van der Waals surface area contributed by atoms with Crippen LogP contribution in [0, 0.1) is 0 Å².